The Labute approximate surface area is 202 Å². The number of likely N-dealkylation sites (tertiary alicyclic amines) is 1. The van der Waals surface area contributed by atoms with Gasteiger partial charge in [0, 0.05) is 37.8 Å². The molecule has 2 fully saturated rings. The highest BCUT2D eigenvalue weighted by molar-refractivity contribution is 5.92. The average Bonchev–Trinajstić information content (AvgIpc) is 2.80. The fourth-order valence-electron chi connectivity index (χ4n) is 5.23. The number of piperidine rings is 1. The summed E-state index contributed by atoms with van der Waals surface area (Å²) in [5.74, 6) is -0.0867. The number of halogens is 1. The van der Waals surface area contributed by atoms with Crippen LogP contribution in [0.5, 0.6) is 0 Å². The number of carbonyl (C=O) groups is 2. The Bertz CT molecular complexity index is 980. The maximum atomic E-state index is 15.0. The molecule has 1 atom stereocenters. The zero-order chi connectivity index (χ0) is 24.1. The molecule has 2 heterocycles. The summed E-state index contributed by atoms with van der Waals surface area (Å²) in [6.45, 7) is 7.09. The summed E-state index contributed by atoms with van der Waals surface area (Å²) in [6.07, 6.45) is 4.29. The molecule has 2 aliphatic heterocycles. The molecule has 1 N–H and O–H groups in total. The van der Waals surface area contributed by atoms with Crippen LogP contribution in [0.2, 0.25) is 0 Å². The van der Waals surface area contributed by atoms with E-state index < -0.39 is 0 Å². The molecule has 2 aliphatic rings. The fourth-order valence-corrected chi connectivity index (χ4v) is 5.23. The number of rotatable bonds is 8. The van der Waals surface area contributed by atoms with E-state index in [9.17, 15) is 9.59 Å². The van der Waals surface area contributed by atoms with Crippen LogP contribution in [0.3, 0.4) is 0 Å². The van der Waals surface area contributed by atoms with E-state index in [1.165, 1.54) is 6.07 Å². The van der Waals surface area contributed by atoms with Gasteiger partial charge in [-0.25, -0.2) is 4.39 Å². The van der Waals surface area contributed by atoms with Crippen LogP contribution in [0, 0.1) is 17.7 Å². The van der Waals surface area contributed by atoms with Crippen molar-refractivity contribution < 1.29 is 14.0 Å². The van der Waals surface area contributed by atoms with Crippen LogP contribution in [-0.2, 0) is 9.59 Å². The molecule has 2 aromatic carbocycles. The van der Waals surface area contributed by atoms with Crippen molar-refractivity contribution in [1.29, 1.82) is 0 Å². The van der Waals surface area contributed by atoms with E-state index in [0.717, 1.165) is 50.8 Å². The van der Waals surface area contributed by atoms with Crippen LogP contribution in [0.25, 0.3) is 0 Å². The number of amides is 2. The third-order valence-corrected chi connectivity index (χ3v) is 7.52. The second-order valence-corrected chi connectivity index (χ2v) is 9.56. The first-order valence-corrected chi connectivity index (χ1v) is 12.7. The fraction of sp³-hybridized carbons (Fsp3) is 0.500. The second-order valence-electron chi connectivity index (χ2n) is 9.56. The van der Waals surface area contributed by atoms with Crippen molar-refractivity contribution in [1.82, 2.24) is 4.90 Å². The lowest BCUT2D eigenvalue weighted by molar-refractivity contribution is -0.137. The molecule has 2 saturated heterocycles. The summed E-state index contributed by atoms with van der Waals surface area (Å²) in [5, 5.41) is 2.85. The molecule has 5 nitrogen and oxygen atoms in total. The maximum Gasteiger partial charge on any atom is 0.230 e. The zero-order valence-corrected chi connectivity index (χ0v) is 20.3. The normalized spacial score (nSPS) is 17.4. The van der Waals surface area contributed by atoms with Crippen molar-refractivity contribution in [2.45, 2.75) is 51.9 Å². The van der Waals surface area contributed by atoms with Crippen molar-refractivity contribution in [2.24, 2.45) is 11.8 Å². The van der Waals surface area contributed by atoms with Gasteiger partial charge in [-0.15, -0.1) is 0 Å². The number of hydrogen-bond donors (Lipinski definition) is 1. The Morgan fingerprint density at radius 3 is 2.24 bits per heavy atom. The summed E-state index contributed by atoms with van der Waals surface area (Å²) in [7, 11) is 0. The van der Waals surface area contributed by atoms with Gasteiger partial charge >= 0.3 is 0 Å². The zero-order valence-electron chi connectivity index (χ0n) is 20.3. The third kappa shape index (κ3) is 5.26. The van der Waals surface area contributed by atoms with Gasteiger partial charge in [-0.3, -0.25) is 9.59 Å². The van der Waals surface area contributed by atoms with Crippen molar-refractivity contribution in [2.75, 3.05) is 36.4 Å². The van der Waals surface area contributed by atoms with E-state index >= 15 is 4.39 Å². The molecule has 34 heavy (non-hydrogen) atoms. The average molecular weight is 466 g/mol. The molecule has 0 bridgehead atoms. The van der Waals surface area contributed by atoms with Gasteiger partial charge in [0.05, 0.1) is 11.6 Å². The highest BCUT2D eigenvalue weighted by Crippen LogP contribution is 2.37. The first kappa shape index (κ1) is 24.2. The summed E-state index contributed by atoms with van der Waals surface area (Å²) < 4.78 is 15.0. The van der Waals surface area contributed by atoms with E-state index in [1.54, 1.807) is 12.1 Å². The Morgan fingerprint density at radius 2 is 1.68 bits per heavy atom. The van der Waals surface area contributed by atoms with Gasteiger partial charge in [0.2, 0.25) is 11.8 Å². The smallest absolute Gasteiger partial charge is 0.230 e. The van der Waals surface area contributed by atoms with Crippen molar-refractivity contribution >= 4 is 23.2 Å². The minimum atomic E-state index is -0.322. The predicted octanol–water partition coefficient (Wildman–Crippen LogP) is 5.43. The Balaban J connectivity index is 1.42. The van der Waals surface area contributed by atoms with Crippen LogP contribution in [-0.4, -0.2) is 42.9 Å². The lowest BCUT2D eigenvalue weighted by atomic mass is 9.78. The molecule has 182 valence electrons. The van der Waals surface area contributed by atoms with Crippen LogP contribution in [0.15, 0.2) is 48.5 Å². The van der Waals surface area contributed by atoms with Gasteiger partial charge in [0.25, 0.3) is 0 Å². The molecule has 0 aliphatic carbocycles. The minimum Gasteiger partial charge on any atom is -0.369 e. The molecule has 2 aromatic rings. The summed E-state index contributed by atoms with van der Waals surface area (Å²) in [4.78, 5) is 29.6. The first-order chi connectivity index (χ1) is 16.5. The Kier molecular flexibility index (Phi) is 7.86. The standard InChI is InChI=1S/C28H36FN3O2/c1-3-20(4-2)27(33)30-23-11-12-25(24(29)19-23)31-17-13-22(14-18-31)26(21-9-6-5-7-10-21)28(34)32-15-8-16-32/h5-7,9-12,19-20,22,26H,3-4,8,13-18H2,1-2H3,(H,30,33). The number of hydrogen-bond acceptors (Lipinski definition) is 3. The van der Waals surface area contributed by atoms with E-state index in [1.807, 2.05) is 36.9 Å². The van der Waals surface area contributed by atoms with Gasteiger partial charge in [0.15, 0.2) is 0 Å². The van der Waals surface area contributed by atoms with E-state index in [4.69, 9.17) is 0 Å². The number of carbonyl (C=O) groups excluding carboxylic acids is 2. The van der Waals surface area contributed by atoms with Crippen molar-refractivity contribution in [3.63, 3.8) is 0 Å². The molecule has 0 spiro atoms. The van der Waals surface area contributed by atoms with Crippen LogP contribution in [0.1, 0.15) is 57.4 Å². The Hall–Kier alpha value is -2.89. The first-order valence-electron chi connectivity index (χ1n) is 12.7. The molecule has 6 heteroatoms. The topological polar surface area (TPSA) is 52.7 Å². The van der Waals surface area contributed by atoms with Gasteiger partial charge in [-0.05, 0) is 61.8 Å². The molecule has 2 amide bonds. The molecule has 1 unspecified atom stereocenters. The highest BCUT2D eigenvalue weighted by atomic mass is 19.1. The van der Waals surface area contributed by atoms with E-state index in [2.05, 4.69) is 22.3 Å². The Morgan fingerprint density at radius 1 is 1.00 bits per heavy atom. The number of benzene rings is 2. The van der Waals surface area contributed by atoms with Crippen LogP contribution < -0.4 is 10.2 Å². The molecule has 4 rings (SSSR count). The van der Waals surface area contributed by atoms with Gasteiger partial charge in [-0.2, -0.15) is 0 Å². The third-order valence-electron chi connectivity index (χ3n) is 7.52. The van der Waals surface area contributed by atoms with Gasteiger partial charge in [0.1, 0.15) is 5.82 Å². The quantitative estimate of drug-likeness (QED) is 0.565. The summed E-state index contributed by atoms with van der Waals surface area (Å²) in [6, 6.07) is 15.1. The van der Waals surface area contributed by atoms with Crippen LogP contribution in [0.4, 0.5) is 15.8 Å². The minimum absolute atomic E-state index is 0.0571. The lowest BCUT2D eigenvalue weighted by Gasteiger charge is -2.40. The number of nitrogens with zero attached hydrogens (tertiary/aromatic N) is 2. The highest BCUT2D eigenvalue weighted by Gasteiger charge is 2.37. The summed E-state index contributed by atoms with van der Waals surface area (Å²) in [5.41, 5.74) is 2.14. The van der Waals surface area contributed by atoms with Crippen LogP contribution >= 0.6 is 0 Å². The molecule has 0 radical (unpaired) electrons. The van der Waals surface area contributed by atoms with Gasteiger partial charge in [-0.1, -0.05) is 44.2 Å². The van der Waals surface area contributed by atoms with E-state index in [0.29, 0.717) is 24.5 Å². The molecular formula is C28H36FN3O2. The second kappa shape index (κ2) is 11.0. The molecular weight excluding hydrogens is 429 g/mol. The largest absolute Gasteiger partial charge is 0.369 e. The summed E-state index contributed by atoms with van der Waals surface area (Å²) >= 11 is 0. The monoisotopic (exact) mass is 465 g/mol. The maximum absolute atomic E-state index is 15.0. The SMILES string of the molecule is CCC(CC)C(=O)Nc1ccc(N2CCC(C(C(=O)N3CCC3)c3ccccc3)CC2)c(F)c1. The number of nitrogens with one attached hydrogen (secondary N) is 1. The van der Waals surface area contributed by atoms with Crippen molar-refractivity contribution in [3.05, 3.63) is 59.9 Å². The molecule has 0 saturated carbocycles. The predicted molar refractivity (Wildman–Crippen MR) is 134 cm³/mol. The van der Waals surface area contributed by atoms with E-state index in [-0.39, 0.29) is 35.4 Å². The lowest BCUT2D eigenvalue weighted by Crippen LogP contribution is -2.47. The number of anilines is 2. The van der Waals surface area contributed by atoms with Gasteiger partial charge < -0.3 is 15.1 Å². The molecule has 0 aromatic heterocycles. The van der Waals surface area contributed by atoms with Crippen molar-refractivity contribution in [3.8, 4) is 0 Å².